The van der Waals surface area contributed by atoms with E-state index < -0.39 is 0 Å². The van der Waals surface area contributed by atoms with Crippen molar-refractivity contribution in [1.82, 2.24) is 15.0 Å². The van der Waals surface area contributed by atoms with Gasteiger partial charge >= 0.3 is 0 Å². The average Bonchev–Trinajstić information content (AvgIpc) is 3.76. The topological polar surface area (TPSA) is 38.7 Å². The van der Waals surface area contributed by atoms with Crippen LogP contribution in [0.1, 0.15) is 47.2 Å². The summed E-state index contributed by atoms with van der Waals surface area (Å²) in [5.74, 6) is 2.13. The molecule has 3 heteroatoms. The van der Waals surface area contributed by atoms with Crippen molar-refractivity contribution in [3.05, 3.63) is 161 Å². The highest BCUT2D eigenvalue weighted by Gasteiger charge is 2.42. The van der Waals surface area contributed by atoms with E-state index in [9.17, 15) is 0 Å². The van der Waals surface area contributed by atoms with Crippen LogP contribution < -0.4 is 0 Å². The Morgan fingerprint density at radius 3 is 1.74 bits per heavy atom. The molecule has 0 bridgehead atoms. The lowest BCUT2D eigenvalue weighted by atomic mass is 9.78. The lowest BCUT2D eigenvalue weighted by Crippen LogP contribution is -2.16. The highest BCUT2D eigenvalue weighted by Crippen LogP contribution is 2.58. The molecule has 1 aromatic heterocycles. The first-order chi connectivity index (χ1) is 23.1. The van der Waals surface area contributed by atoms with Crippen LogP contribution in [-0.4, -0.2) is 15.0 Å². The lowest BCUT2D eigenvalue weighted by molar-refractivity contribution is 0.662. The molecule has 6 aromatic carbocycles. The van der Waals surface area contributed by atoms with Gasteiger partial charge in [0.2, 0.25) is 0 Å². The van der Waals surface area contributed by atoms with Crippen molar-refractivity contribution in [2.45, 2.75) is 32.1 Å². The molecule has 1 heterocycles. The summed E-state index contributed by atoms with van der Waals surface area (Å²) in [5, 5.41) is 0. The van der Waals surface area contributed by atoms with Gasteiger partial charge in [0.1, 0.15) is 0 Å². The van der Waals surface area contributed by atoms with E-state index in [2.05, 4.69) is 135 Å². The lowest BCUT2D eigenvalue weighted by Gasteiger charge is -2.25. The molecule has 0 amide bonds. The number of hydrogen-bond donors (Lipinski definition) is 0. The maximum Gasteiger partial charge on any atom is 0.164 e. The molecular formula is C44H31N3. The fourth-order valence-corrected chi connectivity index (χ4v) is 8.48. The SMILES string of the molecule is CC1(C)c2ccccc2-c2c(-c3nc(-c4ccccc4)nc(-c4cccc5c4-c4ccccc4C5)n3)cc3c(c21)-c1ccccc1C3. The van der Waals surface area contributed by atoms with Crippen molar-refractivity contribution in [2.75, 3.05) is 0 Å². The Kier molecular flexibility index (Phi) is 5.46. The second-order valence-corrected chi connectivity index (χ2v) is 13.6. The molecule has 0 unspecified atom stereocenters. The summed E-state index contributed by atoms with van der Waals surface area (Å²) in [4.78, 5) is 15.9. The monoisotopic (exact) mass is 601 g/mol. The highest BCUT2D eigenvalue weighted by molar-refractivity contribution is 5.99. The van der Waals surface area contributed by atoms with Gasteiger partial charge in [-0.15, -0.1) is 0 Å². The van der Waals surface area contributed by atoms with E-state index in [-0.39, 0.29) is 5.41 Å². The summed E-state index contributed by atoms with van der Waals surface area (Å²) in [6.07, 6.45) is 1.83. The summed E-state index contributed by atoms with van der Waals surface area (Å²) in [7, 11) is 0. The second kappa shape index (κ2) is 9.67. The Labute approximate surface area is 274 Å². The number of fused-ring (bicyclic) bond motifs is 10. The molecule has 3 nitrogen and oxygen atoms in total. The Morgan fingerprint density at radius 1 is 0.426 bits per heavy atom. The van der Waals surface area contributed by atoms with E-state index in [1.165, 1.54) is 66.8 Å². The molecule has 0 fully saturated rings. The van der Waals surface area contributed by atoms with Gasteiger partial charge < -0.3 is 0 Å². The van der Waals surface area contributed by atoms with Gasteiger partial charge in [-0.2, -0.15) is 0 Å². The Bertz CT molecular complexity index is 2440. The molecular weight excluding hydrogens is 571 g/mol. The summed E-state index contributed by atoms with van der Waals surface area (Å²) in [6, 6.07) is 45.8. The minimum Gasteiger partial charge on any atom is -0.208 e. The predicted molar refractivity (Wildman–Crippen MR) is 190 cm³/mol. The van der Waals surface area contributed by atoms with Gasteiger partial charge in [-0.3, -0.25) is 0 Å². The molecule has 0 aliphatic heterocycles. The van der Waals surface area contributed by atoms with E-state index in [4.69, 9.17) is 15.0 Å². The Hall–Kier alpha value is -5.67. The average molecular weight is 602 g/mol. The Morgan fingerprint density at radius 2 is 0.979 bits per heavy atom. The van der Waals surface area contributed by atoms with Gasteiger partial charge in [-0.05, 0) is 85.7 Å². The van der Waals surface area contributed by atoms with E-state index in [0.717, 1.165) is 35.4 Å². The summed E-state index contributed by atoms with van der Waals surface area (Å²) in [6.45, 7) is 4.75. The second-order valence-electron chi connectivity index (χ2n) is 13.6. The highest BCUT2D eigenvalue weighted by atomic mass is 15.0. The van der Waals surface area contributed by atoms with Gasteiger partial charge in [0.05, 0.1) is 0 Å². The predicted octanol–water partition coefficient (Wildman–Crippen LogP) is 10.3. The van der Waals surface area contributed by atoms with Crippen molar-refractivity contribution >= 4 is 0 Å². The van der Waals surface area contributed by atoms with E-state index in [0.29, 0.717) is 11.6 Å². The molecule has 3 aliphatic rings. The molecule has 0 radical (unpaired) electrons. The summed E-state index contributed by atoms with van der Waals surface area (Å²) >= 11 is 0. The maximum atomic E-state index is 5.40. The molecule has 0 N–H and O–H groups in total. The molecule has 0 spiro atoms. The van der Waals surface area contributed by atoms with Crippen molar-refractivity contribution in [1.29, 1.82) is 0 Å². The van der Waals surface area contributed by atoms with Crippen LogP contribution in [0.3, 0.4) is 0 Å². The standard InChI is InChI=1S/C44H31N3/c1-44(2)36-22-11-10-20-33(36)39-35(25-30-24-28-16-7-9-19-32(28)38(30)40(39)44)43-46-41(26-13-4-3-5-14-26)45-42(47-43)34-21-12-17-29-23-27-15-6-8-18-31(27)37(29)34/h3-22,25H,23-24H2,1-2H3. The largest absolute Gasteiger partial charge is 0.208 e. The molecule has 7 aromatic rings. The van der Waals surface area contributed by atoms with Gasteiger partial charge in [-0.25, -0.2) is 15.0 Å². The number of hydrogen-bond acceptors (Lipinski definition) is 3. The quantitative estimate of drug-likeness (QED) is 0.202. The van der Waals surface area contributed by atoms with Crippen LogP contribution >= 0.6 is 0 Å². The maximum absolute atomic E-state index is 5.40. The first kappa shape index (κ1) is 26.5. The zero-order valence-corrected chi connectivity index (χ0v) is 26.4. The molecule has 0 atom stereocenters. The van der Waals surface area contributed by atoms with Crippen LogP contribution in [-0.2, 0) is 18.3 Å². The van der Waals surface area contributed by atoms with E-state index in [1.54, 1.807) is 0 Å². The van der Waals surface area contributed by atoms with Gasteiger partial charge in [0.25, 0.3) is 0 Å². The van der Waals surface area contributed by atoms with Gasteiger partial charge in [0.15, 0.2) is 17.5 Å². The molecule has 0 saturated heterocycles. The zero-order chi connectivity index (χ0) is 31.3. The fraction of sp³-hybridized carbons (Fsp3) is 0.114. The van der Waals surface area contributed by atoms with Crippen LogP contribution in [0.25, 0.3) is 67.5 Å². The first-order valence-electron chi connectivity index (χ1n) is 16.5. The summed E-state index contributed by atoms with van der Waals surface area (Å²) < 4.78 is 0. The number of benzene rings is 6. The van der Waals surface area contributed by atoms with Crippen LogP contribution in [0.2, 0.25) is 0 Å². The molecule has 10 rings (SSSR count). The zero-order valence-electron chi connectivity index (χ0n) is 26.4. The van der Waals surface area contributed by atoms with Crippen molar-refractivity contribution in [3.8, 4) is 67.5 Å². The third-order valence-corrected chi connectivity index (χ3v) is 10.5. The summed E-state index contributed by atoms with van der Waals surface area (Å²) in [5.41, 5.74) is 18.8. The molecule has 47 heavy (non-hydrogen) atoms. The fourth-order valence-electron chi connectivity index (χ4n) is 8.48. The minimum atomic E-state index is -0.175. The molecule has 3 aliphatic carbocycles. The van der Waals surface area contributed by atoms with E-state index in [1.807, 2.05) is 6.07 Å². The molecule has 222 valence electrons. The first-order valence-corrected chi connectivity index (χ1v) is 16.5. The third-order valence-electron chi connectivity index (χ3n) is 10.5. The van der Waals surface area contributed by atoms with Crippen LogP contribution in [0.5, 0.6) is 0 Å². The van der Waals surface area contributed by atoms with Crippen LogP contribution in [0.15, 0.2) is 127 Å². The smallest absolute Gasteiger partial charge is 0.164 e. The number of rotatable bonds is 3. The van der Waals surface area contributed by atoms with E-state index >= 15 is 0 Å². The van der Waals surface area contributed by atoms with Crippen molar-refractivity contribution in [3.63, 3.8) is 0 Å². The van der Waals surface area contributed by atoms with Crippen molar-refractivity contribution in [2.24, 2.45) is 0 Å². The number of aromatic nitrogens is 3. The third kappa shape index (κ3) is 3.77. The normalized spacial score (nSPS) is 14.2. The van der Waals surface area contributed by atoms with Crippen molar-refractivity contribution < 1.29 is 0 Å². The minimum absolute atomic E-state index is 0.175. The molecule has 0 saturated carbocycles. The Balaban J connectivity index is 1.29. The van der Waals surface area contributed by atoms with Gasteiger partial charge in [0, 0.05) is 22.1 Å². The van der Waals surface area contributed by atoms with Crippen LogP contribution in [0.4, 0.5) is 0 Å². The van der Waals surface area contributed by atoms with Crippen LogP contribution in [0, 0.1) is 0 Å². The number of nitrogens with zero attached hydrogens (tertiary/aromatic N) is 3. The van der Waals surface area contributed by atoms with Gasteiger partial charge in [-0.1, -0.05) is 135 Å².